The van der Waals surface area contributed by atoms with Gasteiger partial charge in [-0.05, 0) is 26.7 Å². The molecular weight excluding hydrogens is 206 g/mol. The summed E-state index contributed by atoms with van der Waals surface area (Å²) in [5.74, 6) is 0.274. The van der Waals surface area contributed by atoms with Crippen LogP contribution in [0.15, 0.2) is 0 Å². The van der Waals surface area contributed by atoms with Gasteiger partial charge < -0.3 is 10.4 Å². The minimum atomic E-state index is -0.498. The Bertz CT molecular complexity index is 226. The highest BCUT2D eigenvalue weighted by Crippen LogP contribution is 2.09. The molecule has 0 rings (SSSR count). The van der Waals surface area contributed by atoms with Crippen LogP contribution in [0.1, 0.15) is 46.5 Å². The van der Waals surface area contributed by atoms with Gasteiger partial charge in [0.05, 0.1) is 6.10 Å². The number of aliphatic hydroxyl groups excluding tert-OH is 1. The summed E-state index contributed by atoms with van der Waals surface area (Å²) in [4.78, 5) is 22.2. The Morgan fingerprint density at radius 1 is 1.25 bits per heavy atom. The monoisotopic (exact) mass is 229 g/mol. The molecule has 0 fully saturated rings. The number of Topliss-reactive ketones (excluding diaryl/α,β-unsaturated/α-hetero) is 1. The molecule has 0 aromatic heterocycles. The number of hydrogen-bond donors (Lipinski definition) is 2. The number of unbranched alkanes of at least 4 members (excludes halogenated alkanes) is 1. The first-order valence-corrected chi connectivity index (χ1v) is 5.88. The summed E-state index contributed by atoms with van der Waals surface area (Å²) in [6.07, 6.45) is 2.50. The Morgan fingerprint density at radius 2 is 1.88 bits per heavy atom. The third kappa shape index (κ3) is 8.41. The average molecular weight is 229 g/mol. The van der Waals surface area contributed by atoms with Crippen LogP contribution >= 0.6 is 0 Å². The Balaban J connectivity index is 3.44. The minimum Gasteiger partial charge on any atom is -0.392 e. The van der Waals surface area contributed by atoms with Crippen molar-refractivity contribution in [2.24, 2.45) is 5.92 Å². The second kappa shape index (κ2) is 8.28. The molecule has 0 saturated carbocycles. The molecule has 0 radical (unpaired) electrons. The summed E-state index contributed by atoms with van der Waals surface area (Å²) in [7, 11) is 0. The molecule has 0 aliphatic rings. The predicted molar refractivity (Wildman–Crippen MR) is 63.0 cm³/mol. The van der Waals surface area contributed by atoms with Crippen LogP contribution in [0.4, 0.5) is 0 Å². The number of nitrogens with one attached hydrogen (secondary N) is 1. The second-order valence-electron chi connectivity index (χ2n) is 4.41. The second-order valence-corrected chi connectivity index (χ2v) is 4.41. The first-order valence-electron chi connectivity index (χ1n) is 5.88. The summed E-state index contributed by atoms with van der Waals surface area (Å²) >= 11 is 0. The Labute approximate surface area is 97.4 Å². The van der Waals surface area contributed by atoms with Gasteiger partial charge in [0.2, 0.25) is 5.91 Å². The van der Waals surface area contributed by atoms with Gasteiger partial charge in [0.25, 0.3) is 0 Å². The third-order valence-corrected chi connectivity index (χ3v) is 2.58. The first kappa shape index (κ1) is 15.1. The number of hydrogen-bond acceptors (Lipinski definition) is 3. The molecule has 0 aliphatic heterocycles. The number of carbonyl (C=O) groups is 2. The van der Waals surface area contributed by atoms with Crippen molar-refractivity contribution < 1.29 is 14.7 Å². The van der Waals surface area contributed by atoms with E-state index in [1.54, 1.807) is 13.8 Å². The van der Waals surface area contributed by atoms with E-state index in [9.17, 15) is 9.59 Å². The molecule has 16 heavy (non-hydrogen) atoms. The van der Waals surface area contributed by atoms with Crippen LogP contribution < -0.4 is 5.32 Å². The van der Waals surface area contributed by atoms with E-state index in [0.29, 0.717) is 13.0 Å². The lowest BCUT2D eigenvalue weighted by molar-refractivity contribution is -0.121. The number of amides is 1. The molecule has 0 saturated heterocycles. The van der Waals surface area contributed by atoms with Crippen molar-refractivity contribution in [2.45, 2.75) is 52.6 Å². The summed E-state index contributed by atoms with van der Waals surface area (Å²) in [6, 6.07) is 0. The summed E-state index contributed by atoms with van der Waals surface area (Å²) in [6.45, 7) is 5.45. The van der Waals surface area contributed by atoms with Gasteiger partial charge >= 0.3 is 0 Å². The molecule has 4 heteroatoms. The van der Waals surface area contributed by atoms with Crippen LogP contribution in [0, 0.1) is 5.92 Å². The summed E-state index contributed by atoms with van der Waals surface area (Å²) in [5.41, 5.74) is 0. The van der Waals surface area contributed by atoms with Gasteiger partial charge in [-0.3, -0.25) is 9.59 Å². The molecule has 0 heterocycles. The fourth-order valence-electron chi connectivity index (χ4n) is 1.29. The number of ketones is 1. The van der Waals surface area contributed by atoms with E-state index >= 15 is 0 Å². The Morgan fingerprint density at radius 3 is 2.38 bits per heavy atom. The average Bonchev–Trinajstić information content (AvgIpc) is 2.20. The van der Waals surface area contributed by atoms with Crippen molar-refractivity contribution in [3.05, 3.63) is 0 Å². The van der Waals surface area contributed by atoms with Crippen LogP contribution in [-0.2, 0) is 9.59 Å². The molecule has 0 aliphatic carbocycles. The zero-order valence-corrected chi connectivity index (χ0v) is 10.5. The van der Waals surface area contributed by atoms with Crippen molar-refractivity contribution in [1.29, 1.82) is 0 Å². The predicted octanol–water partition coefficient (Wildman–Crippen LogP) is 1.27. The Hall–Kier alpha value is -0.900. The van der Waals surface area contributed by atoms with Crippen LogP contribution in [0.3, 0.4) is 0 Å². The molecule has 0 aromatic carbocycles. The standard InChI is InChI=1S/C12H23NO3/c1-9(11(3)15)6-4-5-7-12(16)13-8-10(2)14/h9-10,14H,4-8H2,1-3H3,(H,13,16). The highest BCUT2D eigenvalue weighted by molar-refractivity contribution is 5.77. The maximum absolute atomic E-state index is 11.2. The van der Waals surface area contributed by atoms with E-state index in [1.807, 2.05) is 6.92 Å². The third-order valence-electron chi connectivity index (χ3n) is 2.58. The topological polar surface area (TPSA) is 66.4 Å². The molecular formula is C12H23NO3. The van der Waals surface area contributed by atoms with Gasteiger partial charge in [0.1, 0.15) is 5.78 Å². The number of aliphatic hydroxyl groups is 1. The molecule has 2 N–H and O–H groups in total. The van der Waals surface area contributed by atoms with Gasteiger partial charge in [-0.25, -0.2) is 0 Å². The summed E-state index contributed by atoms with van der Waals surface area (Å²) < 4.78 is 0. The van der Waals surface area contributed by atoms with Gasteiger partial charge in [-0.15, -0.1) is 0 Å². The van der Waals surface area contributed by atoms with Crippen LogP contribution in [0.2, 0.25) is 0 Å². The molecule has 1 amide bonds. The van der Waals surface area contributed by atoms with Gasteiger partial charge in [-0.1, -0.05) is 13.3 Å². The SMILES string of the molecule is CC(=O)C(C)CCCCC(=O)NCC(C)O. The van der Waals surface area contributed by atoms with Crippen LogP contribution in [0.5, 0.6) is 0 Å². The minimum absolute atomic E-state index is 0.0311. The van der Waals surface area contributed by atoms with E-state index in [-0.39, 0.29) is 17.6 Å². The van der Waals surface area contributed by atoms with Gasteiger partial charge in [-0.2, -0.15) is 0 Å². The van der Waals surface area contributed by atoms with Crippen molar-refractivity contribution in [2.75, 3.05) is 6.54 Å². The van der Waals surface area contributed by atoms with Gasteiger partial charge in [0, 0.05) is 18.9 Å². The molecule has 0 aromatic rings. The van der Waals surface area contributed by atoms with E-state index in [2.05, 4.69) is 5.32 Å². The fraction of sp³-hybridized carbons (Fsp3) is 0.833. The molecule has 2 unspecified atom stereocenters. The van der Waals surface area contributed by atoms with Crippen molar-refractivity contribution >= 4 is 11.7 Å². The molecule has 4 nitrogen and oxygen atoms in total. The van der Waals surface area contributed by atoms with Crippen molar-refractivity contribution in [3.8, 4) is 0 Å². The lowest BCUT2D eigenvalue weighted by Crippen LogP contribution is -2.30. The van der Waals surface area contributed by atoms with Crippen LogP contribution in [0.25, 0.3) is 0 Å². The number of rotatable bonds is 8. The van der Waals surface area contributed by atoms with E-state index in [0.717, 1.165) is 19.3 Å². The highest BCUT2D eigenvalue weighted by atomic mass is 16.3. The quantitative estimate of drug-likeness (QED) is 0.616. The zero-order chi connectivity index (χ0) is 12.6. The maximum atomic E-state index is 11.2. The largest absolute Gasteiger partial charge is 0.392 e. The first-order chi connectivity index (χ1) is 7.43. The number of carbonyl (C=O) groups excluding carboxylic acids is 2. The lowest BCUT2D eigenvalue weighted by atomic mass is 10.00. The molecule has 2 atom stereocenters. The van der Waals surface area contributed by atoms with Crippen LogP contribution in [-0.4, -0.2) is 29.4 Å². The molecule has 0 spiro atoms. The molecule has 94 valence electrons. The Kier molecular flexibility index (Phi) is 7.81. The molecule has 0 bridgehead atoms. The van der Waals surface area contributed by atoms with Crippen molar-refractivity contribution in [3.63, 3.8) is 0 Å². The lowest BCUT2D eigenvalue weighted by Gasteiger charge is -2.08. The summed E-state index contributed by atoms with van der Waals surface area (Å²) in [5, 5.41) is 11.6. The normalized spacial score (nSPS) is 14.2. The van der Waals surface area contributed by atoms with Crippen molar-refractivity contribution in [1.82, 2.24) is 5.32 Å². The smallest absolute Gasteiger partial charge is 0.220 e. The van der Waals surface area contributed by atoms with E-state index in [4.69, 9.17) is 5.11 Å². The van der Waals surface area contributed by atoms with Gasteiger partial charge in [0.15, 0.2) is 0 Å². The van der Waals surface area contributed by atoms with E-state index in [1.165, 1.54) is 0 Å². The maximum Gasteiger partial charge on any atom is 0.220 e. The fourth-order valence-corrected chi connectivity index (χ4v) is 1.29. The zero-order valence-electron chi connectivity index (χ0n) is 10.5. The van der Waals surface area contributed by atoms with E-state index < -0.39 is 6.10 Å². The highest BCUT2D eigenvalue weighted by Gasteiger charge is 2.07.